The molecule has 3 nitrogen and oxygen atoms in total. The van der Waals surface area contributed by atoms with Crippen molar-refractivity contribution in [3.63, 3.8) is 0 Å². The van der Waals surface area contributed by atoms with Gasteiger partial charge in [-0.1, -0.05) is 39.1 Å². The molecule has 0 saturated heterocycles. The normalized spacial score (nSPS) is 12.3. The van der Waals surface area contributed by atoms with Crippen LogP contribution >= 0.6 is 39.1 Å². The number of benzene rings is 2. The standard InChI is InChI=1S/C13H7BrCl2F3NO2S/c14-12-2-1-9(6-11(12)13(17,18)19)20-23(21,22)10-4-7(15)3-8(16)5-10/h1-6,20H. The van der Waals surface area contributed by atoms with Crippen molar-refractivity contribution in [1.29, 1.82) is 0 Å². The lowest BCUT2D eigenvalue weighted by atomic mass is 10.2. The molecule has 124 valence electrons. The summed E-state index contributed by atoms with van der Waals surface area (Å²) in [6.07, 6.45) is -4.63. The van der Waals surface area contributed by atoms with Gasteiger partial charge >= 0.3 is 6.18 Å². The van der Waals surface area contributed by atoms with Crippen LogP contribution in [0.4, 0.5) is 18.9 Å². The summed E-state index contributed by atoms with van der Waals surface area (Å²) in [6, 6.07) is 6.60. The summed E-state index contributed by atoms with van der Waals surface area (Å²) < 4.78 is 64.9. The lowest BCUT2D eigenvalue weighted by Gasteiger charge is -2.13. The third kappa shape index (κ3) is 4.53. The predicted molar refractivity (Wildman–Crippen MR) is 86.4 cm³/mol. The van der Waals surface area contributed by atoms with Gasteiger partial charge < -0.3 is 0 Å². The zero-order valence-corrected chi connectivity index (χ0v) is 14.9. The average molecular weight is 449 g/mol. The topological polar surface area (TPSA) is 46.2 Å². The molecule has 0 bridgehead atoms. The van der Waals surface area contributed by atoms with Gasteiger partial charge in [0, 0.05) is 20.2 Å². The van der Waals surface area contributed by atoms with Gasteiger partial charge in [0.2, 0.25) is 0 Å². The molecule has 1 N–H and O–H groups in total. The van der Waals surface area contributed by atoms with Gasteiger partial charge in [-0.15, -0.1) is 0 Å². The van der Waals surface area contributed by atoms with E-state index >= 15 is 0 Å². The van der Waals surface area contributed by atoms with Crippen LogP contribution in [0.5, 0.6) is 0 Å². The summed E-state index contributed by atoms with van der Waals surface area (Å²) in [6.45, 7) is 0. The molecule has 23 heavy (non-hydrogen) atoms. The number of nitrogens with one attached hydrogen (secondary N) is 1. The molecule has 2 rings (SSSR count). The van der Waals surface area contributed by atoms with Gasteiger partial charge in [-0.05, 0) is 36.4 Å². The number of rotatable bonds is 3. The Bertz CT molecular complexity index is 837. The van der Waals surface area contributed by atoms with Gasteiger partial charge in [0.15, 0.2) is 0 Å². The second kappa shape index (κ2) is 6.51. The molecule has 0 aromatic heterocycles. The summed E-state index contributed by atoms with van der Waals surface area (Å²) in [5, 5.41) is 0.175. The minimum Gasteiger partial charge on any atom is -0.280 e. The third-order valence-electron chi connectivity index (χ3n) is 2.67. The highest BCUT2D eigenvalue weighted by Gasteiger charge is 2.33. The van der Waals surface area contributed by atoms with Crippen molar-refractivity contribution in [3.05, 3.63) is 56.5 Å². The summed E-state index contributed by atoms with van der Waals surface area (Å²) >= 11 is 14.2. The van der Waals surface area contributed by atoms with E-state index in [9.17, 15) is 21.6 Å². The van der Waals surface area contributed by atoms with E-state index in [1.807, 2.05) is 0 Å². The van der Waals surface area contributed by atoms with E-state index in [1.165, 1.54) is 12.1 Å². The van der Waals surface area contributed by atoms with Gasteiger partial charge in [0.05, 0.1) is 10.5 Å². The second-order valence-corrected chi connectivity index (χ2v) is 7.81. The van der Waals surface area contributed by atoms with Crippen molar-refractivity contribution in [3.8, 4) is 0 Å². The summed E-state index contributed by atoms with van der Waals surface area (Å²) in [5.41, 5.74) is -1.24. The minimum absolute atomic E-state index is 0.0876. The number of anilines is 1. The Labute approximate surface area is 148 Å². The molecule has 0 spiro atoms. The summed E-state index contributed by atoms with van der Waals surface area (Å²) in [4.78, 5) is -0.258. The van der Waals surface area contributed by atoms with Gasteiger partial charge in [-0.2, -0.15) is 13.2 Å². The Balaban J connectivity index is 2.42. The van der Waals surface area contributed by atoms with Gasteiger partial charge in [-0.3, -0.25) is 4.72 Å². The van der Waals surface area contributed by atoms with E-state index in [1.54, 1.807) is 0 Å². The first-order valence-electron chi connectivity index (χ1n) is 5.85. The second-order valence-electron chi connectivity index (χ2n) is 4.40. The fraction of sp³-hybridized carbons (Fsp3) is 0.0769. The number of halogens is 6. The summed E-state index contributed by atoms with van der Waals surface area (Å²) in [7, 11) is -4.13. The zero-order valence-electron chi connectivity index (χ0n) is 11.0. The highest BCUT2D eigenvalue weighted by molar-refractivity contribution is 9.10. The van der Waals surface area contributed by atoms with E-state index in [2.05, 4.69) is 20.7 Å². The zero-order chi connectivity index (χ0) is 17.4. The highest BCUT2D eigenvalue weighted by atomic mass is 79.9. The van der Waals surface area contributed by atoms with Crippen LogP contribution < -0.4 is 4.72 Å². The van der Waals surface area contributed by atoms with Crippen molar-refractivity contribution in [1.82, 2.24) is 0 Å². The van der Waals surface area contributed by atoms with E-state index < -0.39 is 21.8 Å². The average Bonchev–Trinajstić information content (AvgIpc) is 2.38. The fourth-order valence-electron chi connectivity index (χ4n) is 1.70. The van der Waals surface area contributed by atoms with Gasteiger partial charge in [0.25, 0.3) is 10.0 Å². The molecule has 0 aliphatic carbocycles. The highest BCUT2D eigenvalue weighted by Crippen LogP contribution is 2.36. The van der Waals surface area contributed by atoms with Crippen LogP contribution in [0.15, 0.2) is 45.8 Å². The molecular weight excluding hydrogens is 442 g/mol. The molecule has 0 heterocycles. The quantitative estimate of drug-likeness (QED) is 0.666. The van der Waals surface area contributed by atoms with Crippen LogP contribution in [-0.4, -0.2) is 8.42 Å². The molecule has 0 radical (unpaired) electrons. The maximum absolute atomic E-state index is 12.8. The Morgan fingerprint density at radius 3 is 2.09 bits per heavy atom. The van der Waals surface area contributed by atoms with Crippen molar-refractivity contribution in [2.24, 2.45) is 0 Å². The van der Waals surface area contributed by atoms with Gasteiger partial charge in [-0.25, -0.2) is 8.42 Å². The smallest absolute Gasteiger partial charge is 0.280 e. The molecule has 2 aromatic rings. The predicted octanol–water partition coefficient (Wildman–Crippen LogP) is 5.58. The van der Waals surface area contributed by atoms with E-state index in [4.69, 9.17) is 23.2 Å². The first-order valence-corrected chi connectivity index (χ1v) is 8.88. The van der Waals surface area contributed by atoms with Crippen molar-refractivity contribution >= 4 is 54.8 Å². The fourth-order valence-corrected chi connectivity index (χ4v) is 3.95. The van der Waals surface area contributed by atoms with Crippen LogP contribution in [0.25, 0.3) is 0 Å². The lowest BCUT2D eigenvalue weighted by molar-refractivity contribution is -0.138. The molecular formula is C13H7BrCl2F3NO2S. The van der Waals surface area contributed by atoms with Crippen LogP contribution in [0.2, 0.25) is 10.0 Å². The number of hydrogen-bond donors (Lipinski definition) is 1. The van der Waals surface area contributed by atoms with E-state index in [0.29, 0.717) is 6.07 Å². The SMILES string of the molecule is O=S(=O)(Nc1ccc(Br)c(C(F)(F)F)c1)c1cc(Cl)cc(Cl)c1. The molecule has 0 saturated carbocycles. The van der Waals surface area contributed by atoms with Crippen molar-refractivity contribution in [2.75, 3.05) is 4.72 Å². The Morgan fingerprint density at radius 2 is 1.57 bits per heavy atom. The summed E-state index contributed by atoms with van der Waals surface area (Å²) in [5.74, 6) is 0. The lowest BCUT2D eigenvalue weighted by Crippen LogP contribution is -2.14. The number of hydrogen-bond acceptors (Lipinski definition) is 2. The monoisotopic (exact) mass is 447 g/mol. The molecule has 0 aliphatic rings. The maximum atomic E-state index is 12.8. The molecule has 0 unspecified atom stereocenters. The van der Waals surface area contributed by atoms with Crippen LogP contribution in [0.1, 0.15) is 5.56 Å². The van der Waals surface area contributed by atoms with Crippen LogP contribution in [0, 0.1) is 0 Å². The minimum atomic E-state index is -4.63. The van der Waals surface area contributed by atoms with E-state index in [-0.39, 0.29) is 25.1 Å². The number of sulfonamides is 1. The maximum Gasteiger partial charge on any atom is 0.417 e. The van der Waals surface area contributed by atoms with Crippen LogP contribution in [-0.2, 0) is 16.2 Å². The Kier molecular flexibility index (Phi) is 5.20. The van der Waals surface area contributed by atoms with Crippen molar-refractivity contribution < 1.29 is 21.6 Å². The molecule has 2 aromatic carbocycles. The Hall–Kier alpha value is -0.960. The molecule has 0 aliphatic heterocycles. The first-order chi connectivity index (χ1) is 10.5. The molecule has 0 fully saturated rings. The third-order valence-corrected chi connectivity index (χ3v) is 5.16. The Morgan fingerprint density at radius 1 is 1.00 bits per heavy atom. The van der Waals surface area contributed by atoms with Crippen molar-refractivity contribution in [2.45, 2.75) is 11.1 Å². The molecule has 0 atom stereocenters. The number of alkyl halides is 3. The largest absolute Gasteiger partial charge is 0.417 e. The molecule has 10 heteroatoms. The van der Waals surface area contributed by atoms with Gasteiger partial charge in [0.1, 0.15) is 0 Å². The van der Waals surface area contributed by atoms with E-state index in [0.717, 1.165) is 18.2 Å². The van der Waals surface area contributed by atoms with Crippen LogP contribution in [0.3, 0.4) is 0 Å². The first kappa shape index (κ1) is 18.4. The molecule has 0 amide bonds.